The van der Waals surface area contributed by atoms with E-state index in [1.807, 2.05) is 30.3 Å². The molecule has 3 amide bonds. The molecule has 1 saturated heterocycles. The van der Waals surface area contributed by atoms with Gasteiger partial charge in [-0.15, -0.1) is 0 Å². The molecule has 1 atom stereocenters. The van der Waals surface area contributed by atoms with Gasteiger partial charge < -0.3 is 0 Å². The van der Waals surface area contributed by atoms with Gasteiger partial charge in [-0.05, 0) is 67.8 Å². The molecule has 0 aromatic heterocycles. The summed E-state index contributed by atoms with van der Waals surface area (Å²) in [6, 6.07) is 9.21. The fourth-order valence-electron chi connectivity index (χ4n) is 6.81. The molecule has 4 aliphatic carbocycles. The highest BCUT2D eigenvalue weighted by atomic mass is 16.5. The van der Waals surface area contributed by atoms with Crippen molar-refractivity contribution in [2.75, 3.05) is 13.6 Å². The molecule has 1 spiro atoms. The van der Waals surface area contributed by atoms with Crippen molar-refractivity contribution in [3.05, 3.63) is 35.9 Å². The van der Waals surface area contributed by atoms with Crippen LogP contribution in [0.3, 0.4) is 0 Å². The van der Waals surface area contributed by atoms with Gasteiger partial charge in [-0.2, -0.15) is 0 Å². The lowest BCUT2D eigenvalue weighted by atomic mass is 9.47. The van der Waals surface area contributed by atoms with Gasteiger partial charge in [0.1, 0.15) is 12.1 Å². The first-order chi connectivity index (χ1) is 14.4. The summed E-state index contributed by atoms with van der Waals surface area (Å²) < 4.78 is 0. The fraction of sp³-hybridized carbons (Fsp3) is 0.609. The highest BCUT2D eigenvalue weighted by Crippen LogP contribution is 2.59. The van der Waals surface area contributed by atoms with Crippen LogP contribution >= 0.6 is 0 Å². The van der Waals surface area contributed by atoms with Crippen LogP contribution in [-0.2, 0) is 20.8 Å². The number of rotatable bonds is 4. The van der Waals surface area contributed by atoms with Crippen molar-refractivity contribution in [3.8, 4) is 0 Å². The van der Waals surface area contributed by atoms with Crippen molar-refractivity contribution < 1.29 is 19.6 Å². The lowest BCUT2D eigenvalue weighted by Crippen LogP contribution is -2.79. The molecule has 7 heteroatoms. The first-order valence-corrected chi connectivity index (χ1v) is 11.0. The van der Waals surface area contributed by atoms with E-state index in [0.717, 1.165) is 36.1 Å². The van der Waals surface area contributed by atoms with E-state index in [0.29, 0.717) is 23.3 Å². The SMILES string of the molecule is CN(O)C(=O)CN1C(=O)[C@@H](Cc2ccccc2)NC2(C1=O)C1CC3CC(C1)CC2C3. The molecule has 2 N–H and O–H groups in total. The molecular formula is C23H29N3O4. The van der Waals surface area contributed by atoms with Crippen LogP contribution in [0.25, 0.3) is 0 Å². The molecule has 5 aliphatic rings. The van der Waals surface area contributed by atoms with Crippen LogP contribution in [0.1, 0.15) is 37.7 Å². The van der Waals surface area contributed by atoms with Crippen LogP contribution in [0.15, 0.2) is 30.3 Å². The van der Waals surface area contributed by atoms with Crippen molar-refractivity contribution >= 4 is 17.7 Å². The molecule has 4 saturated carbocycles. The van der Waals surface area contributed by atoms with Gasteiger partial charge in [0.05, 0.1) is 6.04 Å². The Kier molecular flexibility index (Phi) is 4.71. The second-order valence-electron chi connectivity index (χ2n) is 9.71. The zero-order valence-corrected chi connectivity index (χ0v) is 17.3. The number of carbonyl (C=O) groups is 3. The number of amides is 3. The summed E-state index contributed by atoms with van der Waals surface area (Å²) in [5.74, 6) is 0.470. The van der Waals surface area contributed by atoms with Gasteiger partial charge >= 0.3 is 0 Å². The molecule has 0 unspecified atom stereocenters. The van der Waals surface area contributed by atoms with Crippen LogP contribution in [0, 0.1) is 23.7 Å². The predicted octanol–water partition coefficient (Wildman–Crippen LogP) is 1.60. The van der Waals surface area contributed by atoms with Gasteiger partial charge in [0.2, 0.25) is 5.91 Å². The van der Waals surface area contributed by atoms with E-state index < -0.39 is 24.0 Å². The monoisotopic (exact) mass is 411 g/mol. The molecule has 7 nitrogen and oxygen atoms in total. The zero-order chi connectivity index (χ0) is 21.0. The number of likely N-dealkylation sites (N-methyl/N-ethyl adjacent to an activating group) is 1. The molecule has 5 fully saturated rings. The molecule has 1 aliphatic heterocycles. The van der Waals surface area contributed by atoms with Crippen LogP contribution in [0.5, 0.6) is 0 Å². The third kappa shape index (κ3) is 2.98. The average molecular weight is 412 g/mol. The second kappa shape index (κ2) is 7.17. The van der Waals surface area contributed by atoms with Gasteiger partial charge in [-0.3, -0.25) is 29.8 Å². The van der Waals surface area contributed by atoms with Gasteiger partial charge in [0.15, 0.2) is 0 Å². The first-order valence-electron chi connectivity index (χ1n) is 11.0. The zero-order valence-electron chi connectivity index (χ0n) is 17.3. The third-order valence-corrected chi connectivity index (χ3v) is 7.94. The van der Waals surface area contributed by atoms with Crippen LogP contribution in [0.2, 0.25) is 0 Å². The Morgan fingerprint density at radius 3 is 2.27 bits per heavy atom. The van der Waals surface area contributed by atoms with E-state index in [9.17, 15) is 19.6 Å². The number of hydrogen-bond donors (Lipinski definition) is 2. The molecule has 0 radical (unpaired) electrons. The van der Waals surface area contributed by atoms with E-state index in [4.69, 9.17) is 0 Å². The number of hydrogen-bond acceptors (Lipinski definition) is 5. The Labute approximate surface area is 176 Å². The molecule has 1 heterocycles. The minimum absolute atomic E-state index is 0.206. The number of nitrogens with zero attached hydrogens (tertiary/aromatic N) is 2. The minimum Gasteiger partial charge on any atom is -0.291 e. The van der Waals surface area contributed by atoms with Crippen molar-refractivity contribution in [2.24, 2.45) is 23.7 Å². The molecule has 160 valence electrons. The second-order valence-corrected chi connectivity index (χ2v) is 9.71. The summed E-state index contributed by atoms with van der Waals surface area (Å²) in [6.07, 6.45) is 5.79. The van der Waals surface area contributed by atoms with Crippen molar-refractivity contribution in [1.29, 1.82) is 0 Å². The summed E-state index contributed by atoms with van der Waals surface area (Å²) in [5.41, 5.74) is 0.247. The summed E-state index contributed by atoms with van der Waals surface area (Å²) in [6.45, 7) is -0.411. The Morgan fingerprint density at radius 2 is 1.70 bits per heavy atom. The number of hydroxylamine groups is 2. The molecule has 6 rings (SSSR count). The van der Waals surface area contributed by atoms with Gasteiger partial charge in [-0.25, -0.2) is 5.06 Å². The standard InChI is InChI=1S/C23H29N3O4/c1-25(30)20(27)13-26-21(28)19(12-14-5-3-2-4-6-14)24-23(22(26)29)17-8-15-7-16(10-17)11-18(23)9-15/h2-6,15-19,24,30H,7-13H2,1H3/t15?,16?,17?,18?,19-,23?/m1/s1. The van der Waals surface area contributed by atoms with E-state index >= 15 is 0 Å². The van der Waals surface area contributed by atoms with E-state index in [1.54, 1.807) is 0 Å². The summed E-state index contributed by atoms with van der Waals surface area (Å²) in [4.78, 5) is 40.5. The fourth-order valence-corrected chi connectivity index (χ4v) is 6.81. The van der Waals surface area contributed by atoms with Crippen LogP contribution < -0.4 is 5.32 Å². The van der Waals surface area contributed by atoms with Gasteiger partial charge in [0.25, 0.3) is 11.8 Å². The van der Waals surface area contributed by atoms with Crippen molar-refractivity contribution in [2.45, 2.75) is 50.1 Å². The average Bonchev–Trinajstić information content (AvgIpc) is 2.72. The number of imide groups is 1. The smallest absolute Gasteiger partial charge is 0.265 e. The third-order valence-electron chi connectivity index (χ3n) is 7.94. The number of carbonyl (C=O) groups excluding carboxylic acids is 3. The number of benzene rings is 1. The lowest BCUT2D eigenvalue weighted by molar-refractivity contribution is -0.179. The topological polar surface area (TPSA) is 89.9 Å². The summed E-state index contributed by atoms with van der Waals surface area (Å²) in [5, 5.41) is 13.6. The minimum atomic E-state index is -0.769. The lowest BCUT2D eigenvalue weighted by Gasteiger charge is -2.63. The molecule has 30 heavy (non-hydrogen) atoms. The highest BCUT2D eigenvalue weighted by Gasteiger charge is 2.65. The Hall–Kier alpha value is -2.25. The van der Waals surface area contributed by atoms with Crippen LogP contribution in [0.4, 0.5) is 0 Å². The quantitative estimate of drug-likeness (QED) is 0.446. The first kappa shape index (κ1) is 19.7. The van der Waals surface area contributed by atoms with Crippen molar-refractivity contribution in [1.82, 2.24) is 15.3 Å². The van der Waals surface area contributed by atoms with Crippen LogP contribution in [-0.4, -0.2) is 58.1 Å². The molecular weight excluding hydrogens is 382 g/mol. The molecule has 4 bridgehead atoms. The predicted molar refractivity (Wildman–Crippen MR) is 108 cm³/mol. The summed E-state index contributed by atoms with van der Waals surface area (Å²) in [7, 11) is 1.22. The Bertz CT molecular complexity index is 840. The summed E-state index contributed by atoms with van der Waals surface area (Å²) >= 11 is 0. The Balaban J connectivity index is 1.51. The van der Waals surface area contributed by atoms with Gasteiger partial charge in [0, 0.05) is 7.05 Å². The maximum absolute atomic E-state index is 13.8. The van der Waals surface area contributed by atoms with E-state index in [-0.39, 0.29) is 23.7 Å². The number of piperazine rings is 1. The largest absolute Gasteiger partial charge is 0.291 e. The van der Waals surface area contributed by atoms with Gasteiger partial charge in [-0.1, -0.05) is 30.3 Å². The normalized spacial score (nSPS) is 37.1. The molecule has 1 aromatic rings. The maximum atomic E-state index is 13.8. The maximum Gasteiger partial charge on any atom is 0.265 e. The van der Waals surface area contributed by atoms with Crippen molar-refractivity contribution in [3.63, 3.8) is 0 Å². The highest BCUT2D eigenvalue weighted by molar-refractivity contribution is 6.07. The molecule has 1 aromatic carbocycles. The number of nitrogens with one attached hydrogen (secondary N) is 1. The Morgan fingerprint density at radius 1 is 1.10 bits per heavy atom. The van der Waals surface area contributed by atoms with E-state index in [1.165, 1.54) is 13.5 Å². The van der Waals surface area contributed by atoms with E-state index in [2.05, 4.69) is 5.32 Å².